The van der Waals surface area contributed by atoms with Crippen molar-refractivity contribution in [3.63, 3.8) is 0 Å². The summed E-state index contributed by atoms with van der Waals surface area (Å²) in [5.74, 6) is 1.32. The maximum atomic E-state index is 12.7. The number of likely N-dealkylation sites (N-methyl/N-ethyl adjacent to an activating group) is 1. The Morgan fingerprint density at radius 3 is 2.69 bits per heavy atom. The zero-order valence-corrected chi connectivity index (χ0v) is 18.3. The molecule has 5 rings (SSSR count). The molecule has 1 atom stereocenters. The van der Waals surface area contributed by atoms with Crippen LogP contribution in [0.2, 0.25) is 0 Å². The molecule has 1 fully saturated rings. The first-order valence-electron chi connectivity index (χ1n) is 10.7. The molecule has 0 N–H and O–H groups in total. The summed E-state index contributed by atoms with van der Waals surface area (Å²) in [4.78, 5) is 32.9. The molecule has 3 aromatic rings. The zero-order chi connectivity index (χ0) is 22.4. The molecule has 0 saturated carbocycles. The van der Waals surface area contributed by atoms with Gasteiger partial charge in [0.2, 0.25) is 17.6 Å². The topological polar surface area (TPSA) is 88.8 Å². The van der Waals surface area contributed by atoms with E-state index in [0.717, 1.165) is 16.8 Å². The van der Waals surface area contributed by atoms with E-state index in [1.165, 1.54) is 5.56 Å². The second-order valence-electron chi connectivity index (χ2n) is 8.24. The highest BCUT2D eigenvalue weighted by atomic mass is 16.5. The zero-order valence-electron chi connectivity index (χ0n) is 18.3. The quantitative estimate of drug-likeness (QED) is 0.626. The van der Waals surface area contributed by atoms with Crippen molar-refractivity contribution in [2.24, 2.45) is 0 Å². The Labute approximate surface area is 185 Å². The van der Waals surface area contributed by atoms with E-state index in [1.807, 2.05) is 50.2 Å². The predicted octanol–water partition coefficient (Wildman–Crippen LogP) is 3.62. The lowest BCUT2D eigenvalue weighted by atomic mass is 10.1. The van der Waals surface area contributed by atoms with Crippen LogP contribution in [0, 0.1) is 13.8 Å². The number of nitrogens with zero attached hydrogens (tertiary/aromatic N) is 4. The highest BCUT2D eigenvalue weighted by Crippen LogP contribution is 2.36. The Balaban J connectivity index is 1.39. The van der Waals surface area contributed by atoms with Gasteiger partial charge in [0.15, 0.2) is 6.61 Å². The van der Waals surface area contributed by atoms with Gasteiger partial charge in [-0.3, -0.25) is 9.59 Å². The number of benzene rings is 2. The van der Waals surface area contributed by atoms with Gasteiger partial charge < -0.3 is 19.1 Å². The van der Waals surface area contributed by atoms with Gasteiger partial charge in [0.05, 0.1) is 11.6 Å². The molecule has 0 aliphatic carbocycles. The molecule has 1 saturated heterocycles. The average Bonchev–Trinajstić information content (AvgIpc) is 3.42. The van der Waals surface area contributed by atoms with Gasteiger partial charge in [-0.15, -0.1) is 0 Å². The van der Waals surface area contributed by atoms with Crippen molar-refractivity contribution in [2.45, 2.75) is 33.1 Å². The Hall–Kier alpha value is -3.68. The van der Waals surface area contributed by atoms with Gasteiger partial charge in [-0.05, 0) is 62.2 Å². The second kappa shape index (κ2) is 7.78. The Morgan fingerprint density at radius 1 is 1.06 bits per heavy atom. The fraction of sp³-hybridized carbons (Fsp3) is 0.333. The van der Waals surface area contributed by atoms with E-state index in [4.69, 9.17) is 9.26 Å². The number of fused-ring (bicyclic) bond motifs is 1. The molecule has 2 aliphatic rings. The minimum Gasteiger partial charge on any atom is -0.482 e. The summed E-state index contributed by atoms with van der Waals surface area (Å²) in [6, 6.07) is 11.5. The molecule has 0 unspecified atom stereocenters. The molecular formula is C24H24N4O4. The standard InChI is InChI=1S/C24H24N4O4/c1-4-27-19-10-16(6-8-20(19)31-13-22(27)30)23-25-24(32-26-23)17-11-21(29)28(12-17)18-7-5-14(2)15(3)9-18/h5-10,17H,4,11-13H2,1-3H3/t17-/m0/s1. The Kier molecular flexibility index (Phi) is 4.92. The predicted molar refractivity (Wildman–Crippen MR) is 119 cm³/mol. The van der Waals surface area contributed by atoms with Crippen molar-refractivity contribution in [2.75, 3.05) is 29.5 Å². The maximum Gasteiger partial charge on any atom is 0.265 e. The lowest BCUT2D eigenvalue weighted by Crippen LogP contribution is -2.38. The normalized spacial score (nSPS) is 18.2. The molecule has 164 valence electrons. The van der Waals surface area contributed by atoms with Gasteiger partial charge in [0.25, 0.3) is 5.91 Å². The molecule has 8 heteroatoms. The van der Waals surface area contributed by atoms with Gasteiger partial charge in [-0.2, -0.15) is 4.98 Å². The van der Waals surface area contributed by atoms with Crippen LogP contribution >= 0.6 is 0 Å². The van der Waals surface area contributed by atoms with Gasteiger partial charge in [0, 0.05) is 30.8 Å². The fourth-order valence-corrected chi connectivity index (χ4v) is 4.22. The van der Waals surface area contributed by atoms with E-state index >= 15 is 0 Å². The SMILES string of the molecule is CCN1C(=O)COc2ccc(-c3noc([C@H]4CC(=O)N(c5ccc(C)c(C)c5)C4)n3)cc21. The highest BCUT2D eigenvalue weighted by Gasteiger charge is 2.35. The Bertz CT molecular complexity index is 1220. The summed E-state index contributed by atoms with van der Waals surface area (Å²) in [7, 11) is 0. The molecule has 0 radical (unpaired) electrons. The van der Waals surface area contributed by atoms with E-state index in [2.05, 4.69) is 17.1 Å². The number of ether oxygens (including phenoxy) is 1. The van der Waals surface area contributed by atoms with Gasteiger partial charge in [-0.25, -0.2) is 0 Å². The molecule has 3 heterocycles. The molecule has 32 heavy (non-hydrogen) atoms. The molecule has 8 nitrogen and oxygen atoms in total. The number of hydrogen-bond donors (Lipinski definition) is 0. The first-order valence-corrected chi connectivity index (χ1v) is 10.7. The van der Waals surface area contributed by atoms with Gasteiger partial charge in [-0.1, -0.05) is 11.2 Å². The lowest BCUT2D eigenvalue weighted by molar-refractivity contribution is -0.121. The first kappa shape index (κ1) is 20.2. The van der Waals surface area contributed by atoms with Crippen molar-refractivity contribution < 1.29 is 18.8 Å². The van der Waals surface area contributed by atoms with Gasteiger partial charge in [0.1, 0.15) is 5.75 Å². The summed E-state index contributed by atoms with van der Waals surface area (Å²) >= 11 is 0. The second-order valence-corrected chi connectivity index (χ2v) is 8.24. The smallest absolute Gasteiger partial charge is 0.265 e. The number of carbonyl (C=O) groups excluding carboxylic acids is 2. The van der Waals surface area contributed by atoms with E-state index in [-0.39, 0.29) is 24.3 Å². The number of carbonyl (C=O) groups is 2. The van der Waals surface area contributed by atoms with E-state index in [0.29, 0.717) is 42.7 Å². The lowest BCUT2D eigenvalue weighted by Gasteiger charge is -2.28. The van der Waals surface area contributed by atoms with Crippen LogP contribution in [0.15, 0.2) is 40.9 Å². The van der Waals surface area contributed by atoms with Crippen LogP contribution < -0.4 is 14.5 Å². The largest absolute Gasteiger partial charge is 0.482 e. The van der Waals surface area contributed by atoms with Crippen LogP contribution in [-0.2, 0) is 9.59 Å². The summed E-state index contributed by atoms with van der Waals surface area (Å²) in [5.41, 5.74) is 4.65. The van der Waals surface area contributed by atoms with Gasteiger partial charge >= 0.3 is 0 Å². The molecule has 0 bridgehead atoms. The number of anilines is 2. The van der Waals surface area contributed by atoms with Crippen LogP contribution in [0.3, 0.4) is 0 Å². The Morgan fingerprint density at radius 2 is 1.91 bits per heavy atom. The maximum absolute atomic E-state index is 12.7. The fourth-order valence-electron chi connectivity index (χ4n) is 4.22. The summed E-state index contributed by atoms with van der Waals surface area (Å²) in [6.45, 7) is 7.10. The van der Waals surface area contributed by atoms with Crippen LogP contribution in [0.1, 0.15) is 36.3 Å². The third-order valence-corrected chi connectivity index (χ3v) is 6.19. The van der Waals surface area contributed by atoms with Crippen molar-refractivity contribution in [1.29, 1.82) is 0 Å². The molecule has 2 aromatic carbocycles. The highest BCUT2D eigenvalue weighted by molar-refractivity contribution is 5.98. The van der Waals surface area contributed by atoms with Crippen molar-refractivity contribution in [1.82, 2.24) is 10.1 Å². The first-order chi connectivity index (χ1) is 15.4. The number of amides is 2. The monoisotopic (exact) mass is 432 g/mol. The summed E-state index contributed by atoms with van der Waals surface area (Å²) < 4.78 is 11.1. The summed E-state index contributed by atoms with van der Waals surface area (Å²) in [6.07, 6.45) is 0.324. The van der Waals surface area contributed by atoms with Crippen LogP contribution in [0.25, 0.3) is 11.4 Å². The molecular weight excluding hydrogens is 408 g/mol. The van der Waals surface area contributed by atoms with Crippen LogP contribution in [-0.4, -0.2) is 41.7 Å². The van der Waals surface area contributed by atoms with Crippen LogP contribution in [0.5, 0.6) is 5.75 Å². The molecule has 1 aromatic heterocycles. The number of aryl methyl sites for hydroxylation is 2. The van der Waals surface area contributed by atoms with Crippen molar-refractivity contribution >= 4 is 23.2 Å². The number of aromatic nitrogens is 2. The van der Waals surface area contributed by atoms with Crippen molar-refractivity contribution in [3.05, 3.63) is 53.4 Å². The minimum absolute atomic E-state index is 0.0409. The third kappa shape index (κ3) is 3.41. The third-order valence-electron chi connectivity index (χ3n) is 6.19. The van der Waals surface area contributed by atoms with E-state index in [9.17, 15) is 9.59 Å². The van der Waals surface area contributed by atoms with E-state index < -0.39 is 0 Å². The van der Waals surface area contributed by atoms with Crippen molar-refractivity contribution in [3.8, 4) is 17.1 Å². The molecule has 0 spiro atoms. The number of hydrogen-bond acceptors (Lipinski definition) is 6. The molecule has 2 amide bonds. The van der Waals surface area contributed by atoms with E-state index in [1.54, 1.807) is 9.80 Å². The number of rotatable bonds is 4. The minimum atomic E-state index is -0.167. The molecule has 2 aliphatic heterocycles. The average molecular weight is 432 g/mol. The van der Waals surface area contributed by atoms with Crippen LogP contribution in [0.4, 0.5) is 11.4 Å². The summed E-state index contributed by atoms with van der Waals surface area (Å²) in [5, 5.41) is 4.14.